The minimum atomic E-state index is -1.04. The van der Waals surface area contributed by atoms with Crippen molar-refractivity contribution in [3.05, 3.63) is 101 Å². The predicted molar refractivity (Wildman–Crippen MR) is 235 cm³/mol. The summed E-state index contributed by atoms with van der Waals surface area (Å²) in [5.74, 6) is -0.814. The topological polar surface area (TPSA) is 186 Å². The zero-order chi connectivity index (χ0) is 45.6. The third-order valence-corrected chi connectivity index (χ3v) is 12.6. The number of benzene rings is 2. The molecule has 16 nitrogen and oxygen atoms in total. The molecule has 2 aromatic carbocycles. The Bertz CT molecular complexity index is 2620. The number of amides is 6. The van der Waals surface area contributed by atoms with Crippen molar-refractivity contribution in [2.45, 2.75) is 90.4 Å². The lowest BCUT2D eigenvalue weighted by Gasteiger charge is -2.30. The van der Waals surface area contributed by atoms with Crippen LogP contribution in [0.4, 0.5) is 4.53 Å². The van der Waals surface area contributed by atoms with E-state index in [0.717, 1.165) is 114 Å². The molecule has 1 N–H and O–H groups in total. The number of rotatable bonds is 7. The average molecular weight is 887 g/mol. The molecule has 338 valence electrons. The molecule has 0 aliphatic carbocycles. The quantitative estimate of drug-likeness (QED) is 0.153. The van der Waals surface area contributed by atoms with Crippen molar-refractivity contribution < 1.29 is 43.0 Å². The number of nitrogens with one attached hydrogen (secondary N) is 1. The van der Waals surface area contributed by atoms with Crippen LogP contribution in [-0.4, -0.2) is 109 Å². The Morgan fingerprint density at radius 3 is 2.37 bits per heavy atom. The Balaban J connectivity index is 0.000000163. The monoisotopic (exact) mass is 886 g/mol. The molecule has 3 saturated heterocycles. The molecular formula is C48H51FN8O8. The summed E-state index contributed by atoms with van der Waals surface area (Å²) in [5, 5.41) is 4.28. The number of carbonyl (C=O) groups is 6. The molecule has 0 spiro atoms. The van der Waals surface area contributed by atoms with E-state index >= 15 is 0 Å². The number of nitrogens with zero attached hydrogens (tertiary/aromatic N) is 7. The van der Waals surface area contributed by atoms with Gasteiger partial charge in [0.1, 0.15) is 18.5 Å². The molecule has 5 aliphatic heterocycles. The van der Waals surface area contributed by atoms with Crippen LogP contribution in [0.25, 0.3) is 33.3 Å². The van der Waals surface area contributed by atoms with Gasteiger partial charge in [-0.15, -0.1) is 0 Å². The van der Waals surface area contributed by atoms with Crippen LogP contribution < -0.4 is 5.32 Å². The summed E-state index contributed by atoms with van der Waals surface area (Å²) in [5.41, 5.74) is 6.41. The number of aryl methyl sites for hydroxylation is 1. The normalized spacial score (nSPS) is 18.6. The lowest BCUT2D eigenvalue weighted by atomic mass is 9.99. The molecule has 6 amide bonds. The fourth-order valence-corrected chi connectivity index (χ4v) is 9.09. The van der Waals surface area contributed by atoms with Gasteiger partial charge in [0.05, 0.1) is 34.8 Å². The van der Waals surface area contributed by atoms with E-state index < -0.39 is 36.3 Å². The first kappa shape index (κ1) is 44.9. The first-order chi connectivity index (χ1) is 31.6. The van der Waals surface area contributed by atoms with Gasteiger partial charge in [0.15, 0.2) is 0 Å². The van der Waals surface area contributed by atoms with Crippen LogP contribution in [-0.2, 0) is 48.6 Å². The SMILES string of the molecule is CC(=O)N1CCn2c(C3CCOCC3)nc(-c3cccc4cc(-c5ccc(C)nc5)ncc34)c2C1.O=C1CCC(N2C(=O)c3cccc(COF)c3C2=O)C(=O)N1.O=CN1CCCCC1. The van der Waals surface area contributed by atoms with Gasteiger partial charge in [-0.1, -0.05) is 30.3 Å². The van der Waals surface area contributed by atoms with Crippen LogP contribution in [0, 0.1) is 6.92 Å². The molecule has 5 aromatic rings. The summed E-state index contributed by atoms with van der Waals surface area (Å²) in [4.78, 5) is 92.9. The maximum atomic E-state index is 12.5. The second-order valence-electron chi connectivity index (χ2n) is 16.8. The second kappa shape index (κ2) is 20.0. The molecule has 0 bridgehead atoms. The van der Waals surface area contributed by atoms with E-state index in [0.29, 0.717) is 12.5 Å². The zero-order valence-corrected chi connectivity index (χ0v) is 36.5. The fourth-order valence-electron chi connectivity index (χ4n) is 9.09. The van der Waals surface area contributed by atoms with Crippen LogP contribution in [0.5, 0.6) is 0 Å². The van der Waals surface area contributed by atoms with Crippen LogP contribution in [0.3, 0.4) is 0 Å². The van der Waals surface area contributed by atoms with Crippen LogP contribution in [0.2, 0.25) is 0 Å². The van der Waals surface area contributed by atoms with Gasteiger partial charge in [0.25, 0.3) is 11.8 Å². The van der Waals surface area contributed by atoms with E-state index in [4.69, 9.17) is 14.7 Å². The van der Waals surface area contributed by atoms with Gasteiger partial charge in [-0.25, -0.2) is 4.98 Å². The van der Waals surface area contributed by atoms with Crippen LogP contribution in [0.15, 0.2) is 67.0 Å². The van der Waals surface area contributed by atoms with Gasteiger partial charge in [-0.3, -0.25) is 49.0 Å². The highest BCUT2D eigenvalue weighted by molar-refractivity contribution is 6.24. The van der Waals surface area contributed by atoms with Crippen molar-refractivity contribution >= 4 is 46.7 Å². The highest BCUT2D eigenvalue weighted by Crippen LogP contribution is 2.38. The minimum absolute atomic E-state index is 0.0369. The Kier molecular flexibility index (Phi) is 13.8. The van der Waals surface area contributed by atoms with E-state index in [9.17, 15) is 33.3 Å². The minimum Gasteiger partial charge on any atom is -0.381 e. The number of halogens is 1. The molecule has 0 radical (unpaired) electrons. The molecule has 17 heteroatoms. The maximum Gasteiger partial charge on any atom is 0.262 e. The van der Waals surface area contributed by atoms with Crippen molar-refractivity contribution in [2.24, 2.45) is 0 Å². The molecule has 0 saturated carbocycles. The van der Waals surface area contributed by atoms with Gasteiger partial charge in [-0.05, 0) is 85.2 Å². The Morgan fingerprint density at radius 2 is 1.68 bits per heavy atom. The molecule has 3 fully saturated rings. The molecule has 1 unspecified atom stereocenters. The molecule has 8 heterocycles. The predicted octanol–water partition coefficient (Wildman–Crippen LogP) is 5.84. The number of aromatic nitrogens is 4. The zero-order valence-electron chi connectivity index (χ0n) is 36.5. The molecule has 5 aliphatic rings. The van der Waals surface area contributed by atoms with Crippen LogP contribution in [0.1, 0.15) is 101 Å². The van der Waals surface area contributed by atoms with Gasteiger partial charge in [0, 0.05) is 93.3 Å². The molecule has 10 rings (SSSR count). The van der Waals surface area contributed by atoms with E-state index in [-0.39, 0.29) is 35.4 Å². The smallest absolute Gasteiger partial charge is 0.262 e. The van der Waals surface area contributed by atoms with Crippen molar-refractivity contribution in [3.8, 4) is 22.5 Å². The van der Waals surface area contributed by atoms with Gasteiger partial charge in [-0.2, -0.15) is 4.94 Å². The Hall–Kier alpha value is -6.72. The van der Waals surface area contributed by atoms with Crippen molar-refractivity contribution in [3.63, 3.8) is 0 Å². The number of pyridine rings is 2. The third kappa shape index (κ3) is 9.56. The summed E-state index contributed by atoms with van der Waals surface area (Å²) in [6, 6.07) is 15.9. The summed E-state index contributed by atoms with van der Waals surface area (Å²) in [6.07, 6.45) is 10.5. The first-order valence-corrected chi connectivity index (χ1v) is 22.1. The van der Waals surface area contributed by atoms with Gasteiger partial charge >= 0.3 is 0 Å². The van der Waals surface area contributed by atoms with Crippen molar-refractivity contribution in [1.29, 1.82) is 0 Å². The molecular weight excluding hydrogens is 836 g/mol. The number of carbonyl (C=O) groups excluding carboxylic acids is 6. The van der Waals surface area contributed by atoms with Gasteiger partial charge < -0.3 is 19.1 Å². The maximum absolute atomic E-state index is 12.5. The van der Waals surface area contributed by atoms with E-state index in [1.807, 2.05) is 35.2 Å². The lowest BCUT2D eigenvalue weighted by molar-refractivity contribution is -0.144. The number of piperidine rings is 2. The average Bonchev–Trinajstić information content (AvgIpc) is 3.83. The number of imide groups is 2. The van der Waals surface area contributed by atoms with Gasteiger partial charge in [0.2, 0.25) is 24.1 Å². The Morgan fingerprint density at radius 1 is 0.908 bits per heavy atom. The number of hydrogen-bond donors (Lipinski definition) is 1. The first-order valence-electron chi connectivity index (χ1n) is 22.1. The highest BCUT2D eigenvalue weighted by Gasteiger charge is 2.45. The summed E-state index contributed by atoms with van der Waals surface area (Å²) in [6.45, 7) is 8.75. The molecule has 3 aromatic heterocycles. The van der Waals surface area contributed by atoms with E-state index in [2.05, 4.69) is 50.1 Å². The van der Waals surface area contributed by atoms with E-state index in [1.165, 1.54) is 37.5 Å². The number of imidazole rings is 1. The number of fused-ring (bicyclic) bond motifs is 3. The summed E-state index contributed by atoms with van der Waals surface area (Å²) in [7, 11) is 0. The lowest BCUT2D eigenvalue weighted by Crippen LogP contribution is -2.54. The fraction of sp³-hybridized carbons (Fsp3) is 0.396. The molecule has 65 heavy (non-hydrogen) atoms. The highest BCUT2D eigenvalue weighted by atomic mass is 19.3. The van der Waals surface area contributed by atoms with Crippen molar-refractivity contribution in [2.75, 3.05) is 32.8 Å². The van der Waals surface area contributed by atoms with Crippen LogP contribution >= 0.6 is 0 Å². The largest absolute Gasteiger partial charge is 0.381 e. The molecule has 1 atom stereocenters. The van der Waals surface area contributed by atoms with Crippen molar-refractivity contribution in [1.82, 2.24) is 39.5 Å². The second-order valence-corrected chi connectivity index (χ2v) is 16.8. The summed E-state index contributed by atoms with van der Waals surface area (Å²) < 4.78 is 20.1. The third-order valence-electron chi connectivity index (χ3n) is 12.6. The number of hydrogen-bond acceptors (Lipinski definition) is 11. The summed E-state index contributed by atoms with van der Waals surface area (Å²) >= 11 is 0. The number of ether oxygens (including phenoxy) is 1. The number of likely N-dealkylation sites (tertiary alicyclic amines) is 1. The van der Waals surface area contributed by atoms with E-state index in [1.54, 1.807) is 6.92 Å². The Labute approximate surface area is 375 Å². The standard InChI is InChI=1S/C28H29N5O2.C14H11FN2O5.C6H11NO/c1-18-6-7-22(15-29-18)25-14-21-4-3-5-23(24(21)16-30-25)27-26-17-32(19(2)34)10-11-33(26)28(31-27)20-8-12-35-13-9-20;15-22-6-7-2-1-3-8-11(7)14(21)17(13(8)20)9-4-5-10(18)16-12(9)19;8-6-7-4-2-1-3-5-7/h3-7,14-16,20H,8-13,17H2,1-2H3;1-3,9H,4-6H2,(H,16,18,19);6H,1-5H2.